The van der Waals surface area contributed by atoms with E-state index in [0.717, 1.165) is 31.5 Å². The molecule has 6 nitrogen and oxygen atoms in total. The SMILES string of the molecule is Nc1nc(-c2cnc3ccc(F)cn23)ncc1C1CCCNC1. The van der Waals surface area contributed by atoms with Gasteiger partial charge in [-0.1, -0.05) is 0 Å². The predicted molar refractivity (Wildman–Crippen MR) is 85.4 cm³/mol. The minimum Gasteiger partial charge on any atom is -0.383 e. The summed E-state index contributed by atoms with van der Waals surface area (Å²) in [6.07, 6.45) is 6.99. The molecule has 118 valence electrons. The monoisotopic (exact) mass is 312 g/mol. The number of nitrogen functional groups attached to an aromatic ring is 1. The highest BCUT2D eigenvalue weighted by Crippen LogP contribution is 2.28. The van der Waals surface area contributed by atoms with Gasteiger partial charge in [-0.05, 0) is 31.5 Å². The number of nitrogens with two attached hydrogens (primary N) is 1. The van der Waals surface area contributed by atoms with Crippen molar-refractivity contribution >= 4 is 11.5 Å². The lowest BCUT2D eigenvalue weighted by molar-refractivity contribution is 0.461. The van der Waals surface area contributed by atoms with Gasteiger partial charge in [-0.2, -0.15) is 0 Å². The Morgan fingerprint density at radius 1 is 1.26 bits per heavy atom. The molecule has 0 amide bonds. The van der Waals surface area contributed by atoms with Crippen molar-refractivity contribution in [2.24, 2.45) is 0 Å². The molecule has 3 N–H and O–H groups in total. The fourth-order valence-electron chi connectivity index (χ4n) is 3.08. The molecule has 0 radical (unpaired) electrons. The first-order valence-corrected chi connectivity index (χ1v) is 7.68. The topological polar surface area (TPSA) is 81.1 Å². The molecule has 3 aromatic rings. The number of nitrogens with zero attached hydrogens (tertiary/aromatic N) is 4. The molecule has 0 saturated carbocycles. The van der Waals surface area contributed by atoms with Crippen molar-refractivity contribution in [3.8, 4) is 11.5 Å². The molecule has 0 aliphatic carbocycles. The van der Waals surface area contributed by atoms with Crippen molar-refractivity contribution < 1.29 is 4.39 Å². The highest BCUT2D eigenvalue weighted by Gasteiger charge is 2.20. The average Bonchev–Trinajstić information content (AvgIpc) is 2.98. The van der Waals surface area contributed by atoms with E-state index < -0.39 is 0 Å². The van der Waals surface area contributed by atoms with Crippen molar-refractivity contribution in [3.05, 3.63) is 42.1 Å². The maximum atomic E-state index is 13.5. The zero-order valence-corrected chi connectivity index (χ0v) is 12.5. The fraction of sp³-hybridized carbons (Fsp3) is 0.312. The highest BCUT2D eigenvalue weighted by molar-refractivity contribution is 5.59. The van der Waals surface area contributed by atoms with Crippen molar-refractivity contribution in [1.82, 2.24) is 24.7 Å². The normalized spacial score (nSPS) is 18.4. The number of nitrogens with one attached hydrogen (secondary N) is 1. The minimum absolute atomic E-state index is 0.338. The van der Waals surface area contributed by atoms with Crippen LogP contribution in [0.2, 0.25) is 0 Å². The number of hydrogen-bond donors (Lipinski definition) is 2. The molecule has 1 unspecified atom stereocenters. The van der Waals surface area contributed by atoms with Gasteiger partial charge in [0.05, 0.1) is 6.20 Å². The Morgan fingerprint density at radius 3 is 2.96 bits per heavy atom. The van der Waals surface area contributed by atoms with Crippen LogP contribution in [0.4, 0.5) is 10.2 Å². The third-order valence-electron chi connectivity index (χ3n) is 4.28. The zero-order valence-electron chi connectivity index (χ0n) is 12.5. The predicted octanol–water partition coefficient (Wildman–Crippen LogP) is 1.98. The molecule has 3 aromatic heterocycles. The zero-order chi connectivity index (χ0) is 15.8. The second-order valence-corrected chi connectivity index (χ2v) is 5.80. The van der Waals surface area contributed by atoms with Gasteiger partial charge < -0.3 is 11.1 Å². The number of piperidine rings is 1. The standard InChI is InChI=1S/C16H17FN6/c17-11-3-4-14-20-8-13(23(14)9-11)16-21-7-12(15(18)22-16)10-2-1-5-19-6-10/h3-4,7-10,19H,1-2,5-6H2,(H2,18,21,22). The average molecular weight is 312 g/mol. The Hall–Kier alpha value is -2.54. The van der Waals surface area contributed by atoms with E-state index in [9.17, 15) is 4.39 Å². The Bertz CT molecular complexity index is 853. The smallest absolute Gasteiger partial charge is 0.180 e. The van der Waals surface area contributed by atoms with Gasteiger partial charge in [0.15, 0.2) is 5.82 Å². The van der Waals surface area contributed by atoms with Gasteiger partial charge in [-0.15, -0.1) is 0 Å². The van der Waals surface area contributed by atoms with Crippen molar-refractivity contribution in [3.63, 3.8) is 0 Å². The number of aromatic nitrogens is 4. The van der Waals surface area contributed by atoms with E-state index in [0.29, 0.717) is 28.9 Å². The van der Waals surface area contributed by atoms with Gasteiger partial charge >= 0.3 is 0 Å². The number of hydrogen-bond acceptors (Lipinski definition) is 5. The van der Waals surface area contributed by atoms with Crippen LogP contribution in [-0.2, 0) is 0 Å². The molecule has 4 heterocycles. The summed E-state index contributed by atoms with van der Waals surface area (Å²) in [6, 6.07) is 2.99. The molecule has 1 atom stereocenters. The fourth-order valence-corrected chi connectivity index (χ4v) is 3.08. The lowest BCUT2D eigenvalue weighted by Crippen LogP contribution is -2.29. The Balaban J connectivity index is 1.74. The summed E-state index contributed by atoms with van der Waals surface area (Å²) in [6.45, 7) is 1.94. The van der Waals surface area contributed by atoms with Crippen molar-refractivity contribution in [2.45, 2.75) is 18.8 Å². The summed E-state index contributed by atoms with van der Waals surface area (Å²) in [5.74, 6) is 0.940. The van der Waals surface area contributed by atoms with Crippen LogP contribution < -0.4 is 11.1 Å². The van der Waals surface area contributed by atoms with Crippen LogP contribution in [0.15, 0.2) is 30.7 Å². The van der Waals surface area contributed by atoms with Crippen LogP contribution in [0.3, 0.4) is 0 Å². The highest BCUT2D eigenvalue weighted by atomic mass is 19.1. The van der Waals surface area contributed by atoms with E-state index >= 15 is 0 Å². The summed E-state index contributed by atoms with van der Waals surface area (Å²) < 4.78 is 15.1. The lowest BCUT2D eigenvalue weighted by atomic mass is 9.93. The number of pyridine rings is 1. The quantitative estimate of drug-likeness (QED) is 0.756. The molecule has 1 aliphatic rings. The number of imidazole rings is 1. The summed E-state index contributed by atoms with van der Waals surface area (Å²) in [5, 5.41) is 3.37. The van der Waals surface area contributed by atoms with Gasteiger partial charge in [-0.3, -0.25) is 4.40 Å². The van der Waals surface area contributed by atoms with Gasteiger partial charge in [0.2, 0.25) is 0 Å². The number of rotatable bonds is 2. The van der Waals surface area contributed by atoms with E-state index in [-0.39, 0.29) is 5.82 Å². The first-order chi connectivity index (χ1) is 11.2. The van der Waals surface area contributed by atoms with Crippen LogP contribution in [0.1, 0.15) is 24.3 Å². The molecule has 0 bridgehead atoms. The molecule has 1 saturated heterocycles. The molecular formula is C16H17FN6. The van der Waals surface area contributed by atoms with E-state index in [1.807, 2.05) is 0 Å². The number of halogens is 1. The summed E-state index contributed by atoms with van der Waals surface area (Å²) in [7, 11) is 0. The van der Waals surface area contributed by atoms with E-state index in [2.05, 4.69) is 20.3 Å². The summed E-state index contributed by atoms with van der Waals surface area (Å²) >= 11 is 0. The molecule has 4 rings (SSSR count). The largest absolute Gasteiger partial charge is 0.383 e. The molecule has 23 heavy (non-hydrogen) atoms. The van der Waals surface area contributed by atoms with E-state index in [1.54, 1.807) is 22.9 Å². The Kier molecular flexibility index (Phi) is 3.42. The maximum absolute atomic E-state index is 13.5. The van der Waals surface area contributed by atoms with Crippen LogP contribution in [0.25, 0.3) is 17.2 Å². The third-order valence-corrected chi connectivity index (χ3v) is 4.28. The molecule has 1 fully saturated rings. The van der Waals surface area contributed by atoms with Crippen LogP contribution in [0, 0.1) is 5.82 Å². The Labute approximate surface area is 132 Å². The summed E-state index contributed by atoms with van der Waals surface area (Å²) in [4.78, 5) is 13.1. The van der Waals surface area contributed by atoms with Crippen molar-refractivity contribution in [1.29, 1.82) is 0 Å². The van der Waals surface area contributed by atoms with Gasteiger partial charge in [-0.25, -0.2) is 19.3 Å². The molecule has 0 spiro atoms. The first-order valence-electron chi connectivity index (χ1n) is 7.68. The number of fused-ring (bicyclic) bond motifs is 1. The number of anilines is 1. The molecule has 1 aliphatic heterocycles. The van der Waals surface area contributed by atoms with Crippen LogP contribution in [-0.4, -0.2) is 32.4 Å². The second-order valence-electron chi connectivity index (χ2n) is 5.80. The van der Waals surface area contributed by atoms with Gasteiger partial charge in [0, 0.05) is 30.4 Å². The second kappa shape index (κ2) is 5.58. The van der Waals surface area contributed by atoms with Gasteiger partial charge in [0.1, 0.15) is 23.0 Å². The molecule has 7 heteroatoms. The minimum atomic E-state index is -0.338. The van der Waals surface area contributed by atoms with Crippen molar-refractivity contribution in [2.75, 3.05) is 18.8 Å². The first kappa shape index (κ1) is 14.1. The van der Waals surface area contributed by atoms with Gasteiger partial charge in [0.25, 0.3) is 0 Å². The maximum Gasteiger partial charge on any atom is 0.180 e. The van der Waals surface area contributed by atoms with E-state index in [4.69, 9.17) is 5.73 Å². The van der Waals surface area contributed by atoms with E-state index in [1.165, 1.54) is 12.3 Å². The Morgan fingerprint density at radius 2 is 2.17 bits per heavy atom. The summed E-state index contributed by atoms with van der Waals surface area (Å²) in [5.41, 5.74) is 8.39. The molecule has 0 aromatic carbocycles. The lowest BCUT2D eigenvalue weighted by Gasteiger charge is -2.23. The third kappa shape index (κ3) is 2.53. The molecular weight excluding hydrogens is 295 g/mol. The van der Waals surface area contributed by atoms with Crippen LogP contribution in [0.5, 0.6) is 0 Å². The van der Waals surface area contributed by atoms with Crippen LogP contribution >= 0.6 is 0 Å².